The van der Waals surface area contributed by atoms with Crippen molar-refractivity contribution >= 4 is 29.4 Å². The maximum absolute atomic E-state index is 13.5. The van der Waals surface area contributed by atoms with Crippen molar-refractivity contribution < 1.29 is 28.3 Å². The summed E-state index contributed by atoms with van der Waals surface area (Å²) < 4.78 is 10.7. The van der Waals surface area contributed by atoms with Crippen molar-refractivity contribution in [3.05, 3.63) is 54.0 Å². The molecule has 2 aliphatic heterocycles. The van der Waals surface area contributed by atoms with E-state index in [1.807, 2.05) is 13.8 Å². The van der Waals surface area contributed by atoms with Gasteiger partial charge in [0.1, 0.15) is 5.76 Å². The summed E-state index contributed by atoms with van der Waals surface area (Å²) in [5.74, 6) is -1.16. The zero-order chi connectivity index (χ0) is 23.8. The predicted octanol–water partition coefficient (Wildman–Crippen LogP) is 2.42. The third-order valence-electron chi connectivity index (χ3n) is 5.97. The molecule has 0 saturated carbocycles. The van der Waals surface area contributed by atoms with Crippen LogP contribution in [0.3, 0.4) is 0 Å². The van der Waals surface area contributed by atoms with Crippen molar-refractivity contribution in [3.8, 4) is 0 Å². The van der Waals surface area contributed by atoms with E-state index < -0.39 is 24.1 Å². The highest BCUT2D eigenvalue weighted by atomic mass is 16.5. The van der Waals surface area contributed by atoms with Gasteiger partial charge in [-0.25, -0.2) is 4.79 Å². The average Bonchev–Trinajstić information content (AvgIpc) is 3.42. The van der Waals surface area contributed by atoms with E-state index in [1.54, 1.807) is 43.4 Å². The molecule has 2 aromatic rings. The van der Waals surface area contributed by atoms with Crippen LogP contribution in [0.2, 0.25) is 0 Å². The number of benzene rings is 1. The molecule has 9 heteroatoms. The molecule has 3 heterocycles. The van der Waals surface area contributed by atoms with Crippen molar-refractivity contribution in [2.75, 3.05) is 25.1 Å². The van der Waals surface area contributed by atoms with Gasteiger partial charge in [-0.1, -0.05) is 26.0 Å². The van der Waals surface area contributed by atoms with Crippen molar-refractivity contribution in [2.45, 2.75) is 38.9 Å². The van der Waals surface area contributed by atoms with Crippen LogP contribution in [-0.4, -0.2) is 59.4 Å². The number of amides is 3. The van der Waals surface area contributed by atoms with Gasteiger partial charge >= 0.3 is 5.97 Å². The lowest BCUT2D eigenvalue weighted by Gasteiger charge is -2.48. The summed E-state index contributed by atoms with van der Waals surface area (Å²) in [4.78, 5) is 56.7. The van der Waals surface area contributed by atoms with E-state index >= 15 is 0 Å². The van der Waals surface area contributed by atoms with E-state index in [0.29, 0.717) is 17.0 Å². The van der Waals surface area contributed by atoms with E-state index in [0.717, 1.165) is 0 Å². The normalized spacial score (nSPS) is 19.5. The lowest BCUT2D eigenvalue weighted by molar-refractivity contribution is -0.162. The number of anilines is 1. The fraction of sp³-hybridized carbons (Fsp3) is 0.417. The molecule has 33 heavy (non-hydrogen) atoms. The number of nitrogens with zero attached hydrogens (tertiary/aromatic N) is 3. The molecular formula is C24H27N3O6. The zero-order valence-corrected chi connectivity index (χ0v) is 18.9. The highest BCUT2D eigenvalue weighted by Gasteiger charge is 2.62. The molecule has 174 valence electrons. The second-order valence-electron chi connectivity index (χ2n) is 8.78. The van der Waals surface area contributed by atoms with Gasteiger partial charge in [-0.2, -0.15) is 0 Å². The van der Waals surface area contributed by atoms with Gasteiger partial charge in [-0.15, -0.1) is 0 Å². The molecule has 0 radical (unpaired) electrons. The monoisotopic (exact) mass is 453 g/mol. The van der Waals surface area contributed by atoms with Crippen molar-refractivity contribution in [1.29, 1.82) is 0 Å². The number of hydrogen-bond acceptors (Lipinski definition) is 6. The molecule has 1 fully saturated rings. The van der Waals surface area contributed by atoms with Crippen LogP contribution in [0.4, 0.5) is 5.69 Å². The summed E-state index contributed by atoms with van der Waals surface area (Å²) in [5, 5.41) is 0. The maximum atomic E-state index is 13.5. The fourth-order valence-electron chi connectivity index (χ4n) is 4.44. The van der Waals surface area contributed by atoms with Gasteiger partial charge in [-0.05, 0) is 30.2 Å². The maximum Gasteiger partial charge on any atom is 0.354 e. The number of hydrogen-bond donors (Lipinski definition) is 0. The summed E-state index contributed by atoms with van der Waals surface area (Å²) in [6, 6.07) is 10.2. The van der Waals surface area contributed by atoms with Crippen LogP contribution in [-0.2, 0) is 25.7 Å². The van der Waals surface area contributed by atoms with E-state index in [1.165, 1.54) is 21.0 Å². The molecule has 4 rings (SSSR count). The van der Waals surface area contributed by atoms with E-state index in [4.69, 9.17) is 9.15 Å². The number of para-hydroxylation sites is 1. The number of furan rings is 1. The minimum atomic E-state index is -1.60. The van der Waals surface area contributed by atoms with Crippen LogP contribution in [0, 0.1) is 5.92 Å². The third kappa shape index (κ3) is 3.88. The molecular weight excluding hydrogens is 426 g/mol. The molecule has 0 bridgehead atoms. The Kier molecular flexibility index (Phi) is 5.97. The van der Waals surface area contributed by atoms with Gasteiger partial charge in [0.2, 0.25) is 11.6 Å². The lowest BCUT2D eigenvalue weighted by atomic mass is 9.95. The minimum absolute atomic E-state index is 0.0440. The predicted molar refractivity (Wildman–Crippen MR) is 118 cm³/mol. The minimum Gasteiger partial charge on any atom is -0.467 e. The van der Waals surface area contributed by atoms with Gasteiger partial charge in [0, 0.05) is 26.4 Å². The number of carbonyl (C=O) groups is 4. The molecule has 1 unspecified atom stereocenters. The van der Waals surface area contributed by atoms with Gasteiger partial charge in [-0.3, -0.25) is 19.3 Å². The number of rotatable bonds is 7. The molecule has 0 N–H and O–H groups in total. The largest absolute Gasteiger partial charge is 0.467 e. The molecule has 1 aromatic heterocycles. The van der Waals surface area contributed by atoms with Crippen LogP contribution >= 0.6 is 0 Å². The summed E-state index contributed by atoms with van der Waals surface area (Å²) in [6.07, 6.45) is 1.71. The van der Waals surface area contributed by atoms with E-state index in [9.17, 15) is 19.2 Å². The van der Waals surface area contributed by atoms with Gasteiger partial charge in [0.15, 0.2) is 6.61 Å². The first kappa shape index (κ1) is 22.6. The van der Waals surface area contributed by atoms with Crippen LogP contribution in [0.5, 0.6) is 0 Å². The molecule has 2 aliphatic rings. The smallest absolute Gasteiger partial charge is 0.354 e. The first-order valence-electron chi connectivity index (χ1n) is 10.9. The van der Waals surface area contributed by atoms with E-state index in [-0.39, 0.29) is 43.7 Å². The molecule has 1 saturated heterocycles. The highest BCUT2D eigenvalue weighted by Crippen LogP contribution is 2.45. The molecule has 9 nitrogen and oxygen atoms in total. The Morgan fingerprint density at radius 1 is 1.18 bits per heavy atom. The third-order valence-corrected chi connectivity index (χ3v) is 5.97. The topological polar surface area (TPSA) is 100 Å². The second kappa shape index (κ2) is 8.73. The first-order valence-corrected chi connectivity index (χ1v) is 10.9. The van der Waals surface area contributed by atoms with Gasteiger partial charge in [0.25, 0.3) is 11.8 Å². The molecule has 0 aliphatic carbocycles. The summed E-state index contributed by atoms with van der Waals surface area (Å²) in [6.45, 7) is 3.84. The first-order chi connectivity index (χ1) is 15.8. The van der Waals surface area contributed by atoms with Gasteiger partial charge in [0.05, 0.1) is 24.1 Å². The SMILES string of the molecule is CC(C)CN1C(=O)c2ccccc2N2C(=O)CCC12C(=O)OCC(=O)N(C)Cc1ccco1. The number of fused-ring (bicyclic) bond motifs is 3. The Morgan fingerprint density at radius 2 is 1.94 bits per heavy atom. The van der Waals surface area contributed by atoms with E-state index in [2.05, 4.69) is 0 Å². The number of ether oxygens (including phenoxy) is 1. The number of likely N-dealkylation sites (N-methyl/N-ethyl adjacent to an activating group) is 1. The summed E-state index contributed by atoms with van der Waals surface area (Å²) in [5.41, 5.74) is -0.846. The van der Waals surface area contributed by atoms with Crippen molar-refractivity contribution in [1.82, 2.24) is 9.80 Å². The zero-order valence-electron chi connectivity index (χ0n) is 18.9. The quantitative estimate of drug-likeness (QED) is 0.597. The number of esters is 1. The Hall–Kier alpha value is -3.62. The van der Waals surface area contributed by atoms with Crippen LogP contribution in [0.15, 0.2) is 47.1 Å². The summed E-state index contributed by atoms with van der Waals surface area (Å²) in [7, 11) is 1.58. The molecule has 0 spiro atoms. The molecule has 1 atom stereocenters. The Bertz CT molecular complexity index is 1080. The molecule has 1 aromatic carbocycles. The van der Waals surface area contributed by atoms with Crippen molar-refractivity contribution in [3.63, 3.8) is 0 Å². The van der Waals surface area contributed by atoms with Crippen LogP contribution < -0.4 is 4.90 Å². The van der Waals surface area contributed by atoms with Crippen LogP contribution in [0.25, 0.3) is 0 Å². The Labute approximate surface area is 191 Å². The Morgan fingerprint density at radius 3 is 2.64 bits per heavy atom. The van der Waals surface area contributed by atoms with Gasteiger partial charge < -0.3 is 19.0 Å². The lowest BCUT2D eigenvalue weighted by Crippen LogP contribution is -2.69. The average molecular weight is 453 g/mol. The number of carbonyl (C=O) groups excluding carboxylic acids is 4. The highest BCUT2D eigenvalue weighted by molar-refractivity contribution is 6.15. The van der Waals surface area contributed by atoms with Crippen LogP contribution in [0.1, 0.15) is 42.8 Å². The molecule has 3 amide bonds. The standard InChI is InChI=1S/C24H27N3O6/c1-16(2)13-26-22(30)18-8-4-5-9-19(18)27-20(28)10-11-24(26,27)23(31)33-15-21(29)25(3)14-17-7-6-12-32-17/h4-9,12,16H,10-11,13-15H2,1-3H3. The fourth-order valence-corrected chi connectivity index (χ4v) is 4.44. The summed E-state index contributed by atoms with van der Waals surface area (Å²) >= 11 is 0. The van der Waals surface area contributed by atoms with Crippen molar-refractivity contribution in [2.24, 2.45) is 5.92 Å². The second-order valence-corrected chi connectivity index (χ2v) is 8.78. The Balaban J connectivity index is 1.61.